The van der Waals surface area contributed by atoms with Crippen LogP contribution in [0.4, 0.5) is 11.4 Å². The molecule has 0 aromatic heterocycles. The zero-order valence-electron chi connectivity index (χ0n) is 15.3. The molecule has 0 unspecified atom stereocenters. The number of aliphatic imine (C=N–C) groups is 1. The van der Waals surface area contributed by atoms with Crippen molar-refractivity contribution in [3.05, 3.63) is 30.0 Å². The van der Waals surface area contributed by atoms with E-state index in [9.17, 15) is 0 Å². The predicted molar refractivity (Wildman–Crippen MR) is 103 cm³/mol. The molecule has 1 heterocycles. The summed E-state index contributed by atoms with van der Waals surface area (Å²) in [5, 5.41) is 12.1. The van der Waals surface area contributed by atoms with E-state index in [1.165, 1.54) is 0 Å². The number of nitrogens with two attached hydrogens (primary N) is 1. The van der Waals surface area contributed by atoms with Gasteiger partial charge in [-0.3, -0.25) is 4.99 Å². The molecule has 0 fully saturated rings. The number of hydrogen-bond acceptors (Lipinski definition) is 5. The molecule has 24 heavy (non-hydrogen) atoms. The Morgan fingerprint density at radius 2 is 2.08 bits per heavy atom. The number of nitrogens with zero attached hydrogens (tertiary/aromatic N) is 3. The van der Waals surface area contributed by atoms with Gasteiger partial charge in [0.15, 0.2) is 5.75 Å². The molecule has 0 aliphatic carbocycles. The average molecular weight is 331 g/mol. The van der Waals surface area contributed by atoms with Crippen molar-refractivity contribution in [2.24, 2.45) is 4.99 Å². The lowest BCUT2D eigenvalue weighted by Gasteiger charge is -2.31. The molecule has 6 nitrogen and oxygen atoms in total. The SMILES string of the molecule is CC.CC.CN=CN/C=C/CN1CCOc2c(C#N)cc(N)cc21. The standard InChI is InChI=1S/C14H17N5O.2C2H6/c1-17-10-18-3-2-4-19-5-6-20-14-11(9-15)7-12(16)8-13(14)19;2*1-2/h2-3,7-8,10H,4-6,16H2,1H3,(H,17,18);2*1-2H3/b3-2+;;. The number of nitrogens with one attached hydrogen (secondary N) is 1. The maximum absolute atomic E-state index is 9.13. The minimum absolute atomic E-state index is 0.477. The zero-order chi connectivity index (χ0) is 18.4. The van der Waals surface area contributed by atoms with Crippen molar-refractivity contribution in [2.45, 2.75) is 27.7 Å². The molecular formula is C18H29N5O. The fraction of sp³-hybridized carbons (Fsp3) is 0.444. The molecular weight excluding hydrogens is 302 g/mol. The Morgan fingerprint density at radius 3 is 2.71 bits per heavy atom. The van der Waals surface area contributed by atoms with Gasteiger partial charge in [-0.1, -0.05) is 27.7 Å². The molecule has 0 saturated carbocycles. The smallest absolute Gasteiger partial charge is 0.160 e. The summed E-state index contributed by atoms with van der Waals surface area (Å²) in [6, 6.07) is 5.59. The van der Waals surface area contributed by atoms with E-state index in [2.05, 4.69) is 21.3 Å². The van der Waals surface area contributed by atoms with Crippen LogP contribution in [-0.4, -0.2) is 33.1 Å². The Hall–Kier alpha value is -2.68. The number of ether oxygens (including phenoxy) is 1. The fourth-order valence-electron chi connectivity index (χ4n) is 2.04. The van der Waals surface area contributed by atoms with E-state index in [4.69, 9.17) is 15.7 Å². The maximum atomic E-state index is 9.13. The molecule has 1 aromatic carbocycles. The van der Waals surface area contributed by atoms with Crippen LogP contribution in [0.2, 0.25) is 0 Å². The summed E-state index contributed by atoms with van der Waals surface area (Å²) in [6.45, 7) is 10.0. The van der Waals surface area contributed by atoms with Crippen molar-refractivity contribution in [2.75, 3.05) is 37.4 Å². The summed E-state index contributed by atoms with van der Waals surface area (Å²) < 4.78 is 5.59. The predicted octanol–water partition coefficient (Wildman–Crippen LogP) is 3.15. The molecule has 0 atom stereocenters. The van der Waals surface area contributed by atoms with Gasteiger partial charge in [0.1, 0.15) is 12.7 Å². The van der Waals surface area contributed by atoms with Crippen LogP contribution in [0, 0.1) is 11.3 Å². The molecule has 0 bridgehead atoms. The first-order valence-electron chi connectivity index (χ1n) is 8.29. The van der Waals surface area contributed by atoms with Gasteiger partial charge >= 0.3 is 0 Å². The van der Waals surface area contributed by atoms with Crippen LogP contribution in [0.15, 0.2) is 29.4 Å². The van der Waals surface area contributed by atoms with Crippen molar-refractivity contribution in [3.8, 4) is 11.8 Å². The molecule has 0 spiro atoms. The summed E-state index contributed by atoms with van der Waals surface area (Å²) in [5.74, 6) is 0.615. The summed E-state index contributed by atoms with van der Waals surface area (Å²) in [7, 11) is 1.70. The average Bonchev–Trinajstić information content (AvgIpc) is 2.64. The van der Waals surface area contributed by atoms with Gasteiger partial charge in [-0.05, 0) is 24.4 Å². The van der Waals surface area contributed by atoms with Crippen molar-refractivity contribution in [3.63, 3.8) is 0 Å². The Morgan fingerprint density at radius 1 is 1.38 bits per heavy atom. The van der Waals surface area contributed by atoms with Crippen molar-refractivity contribution < 1.29 is 4.74 Å². The second kappa shape index (κ2) is 12.8. The van der Waals surface area contributed by atoms with Gasteiger partial charge in [0.05, 0.1) is 24.1 Å². The quantitative estimate of drug-likeness (QED) is 0.503. The minimum atomic E-state index is 0.477. The lowest BCUT2D eigenvalue weighted by Crippen LogP contribution is -2.33. The molecule has 6 heteroatoms. The zero-order valence-corrected chi connectivity index (χ0v) is 15.3. The highest BCUT2D eigenvalue weighted by molar-refractivity contribution is 5.72. The van der Waals surface area contributed by atoms with E-state index in [-0.39, 0.29) is 0 Å². The van der Waals surface area contributed by atoms with Crippen molar-refractivity contribution >= 4 is 17.7 Å². The highest BCUT2D eigenvalue weighted by Gasteiger charge is 2.21. The fourth-order valence-corrected chi connectivity index (χ4v) is 2.04. The second-order valence-electron chi connectivity index (χ2n) is 4.28. The summed E-state index contributed by atoms with van der Waals surface area (Å²) in [6.07, 6.45) is 5.40. The lowest BCUT2D eigenvalue weighted by atomic mass is 10.1. The van der Waals surface area contributed by atoms with Gasteiger partial charge < -0.3 is 20.7 Å². The topological polar surface area (TPSA) is 86.7 Å². The van der Waals surface area contributed by atoms with E-state index in [0.717, 1.165) is 12.2 Å². The lowest BCUT2D eigenvalue weighted by molar-refractivity contribution is 0.308. The van der Waals surface area contributed by atoms with Crippen LogP contribution in [0.25, 0.3) is 0 Å². The number of benzene rings is 1. The summed E-state index contributed by atoms with van der Waals surface area (Å²) in [4.78, 5) is 5.94. The number of nitrogen functional groups attached to an aromatic ring is 1. The molecule has 0 radical (unpaired) electrons. The number of fused-ring (bicyclic) bond motifs is 1. The largest absolute Gasteiger partial charge is 0.488 e. The minimum Gasteiger partial charge on any atom is -0.488 e. The Bertz CT molecular complexity index is 576. The van der Waals surface area contributed by atoms with Crippen LogP contribution in [0.3, 0.4) is 0 Å². The summed E-state index contributed by atoms with van der Waals surface area (Å²) >= 11 is 0. The molecule has 1 aliphatic heterocycles. The molecule has 0 saturated heterocycles. The number of rotatable bonds is 4. The van der Waals surface area contributed by atoms with E-state index in [1.54, 1.807) is 19.5 Å². The first-order valence-corrected chi connectivity index (χ1v) is 8.29. The molecule has 0 amide bonds. The second-order valence-corrected chi connectivity index (χ2v) is 4.28. The van der Waals surface area contributed by atoms with Gasteiger partial charge in [-0.2, -0.15) is 5.26 Å². The molecule has 1 aliphatic rings. The third kappa shape index (κ3) is 6.21. The Labute approximate surface area is 145 Å². The highest BCUT2D eigenvalue weighted by atomic mass is 16.5. The van der Waals surface area contributed by atoms with Crippen LogP contribution in [0.1, 0.15) is 33.3 Å². The number of hydrogen-bond donors (Lipinski definition) is 2. The Kier molecular flexibility index (Phi) is 11.4. The van der Waals surface area contributed by atoms with Gasteiger partial charge in [-0.25, -0.2) is 0 Å². The summed E-state index contributed by atoms with van der Waals surface area (Å²) in [5.41, 5.74) is 7.74. The highest BCUT2D eigenvalue weighted by Crippen LogP contribution is 2.36. The number of anilines is 2. The van der Waals surface area contributed by atoms with Crippen LogP contribution in [0.5, 0.6) is 5.75 Å². The van der Waals surface area contributed by atoms with Gasteiger partial charge in [0, 0.05) is 19.3 Å². The van der Waals surface area contributed by atoms with Gasteiger partial charge in [-0.15, -0.1) is 0 Å². The normalized spacial score (nSPS) is 12.2. The first-order chi connectivity index (χ1) is 11.8. The van der Waals surface area contributed by atoms with E-state index in [0.29, 0.717) is 30.2 Å². The third-order valence-corrected chi connectivity index (χ3v) is 2.90. The molecule has 3 N–H and O–H groups in total. The van der Waals surface area contributed by atoms with E-state index >= 15 is 0 Å². The van der Waals surface area contributed by atoms with Crippen molar-refractivity contribution in [1.29, 1.82) is 5.26 Å². The van der Waals surface area contributed by atoms with Crippen LogP contribution in [-0.2, 0) is 0 Å². The third-order valence-electron chi connectivity index (χ3n) is 2.90. The molecule has 1 aromatic rings. The monoisotopic (exact) mass is 331 g/mol. The molecule has 2 rings (SSSR count). The van der Waals surface area contributed by atoms with E-state index < -0.39 is 0 Å². The van der Waals surface area contributed by atoms with E-state index in [1.807, 2.05) is 46.0 Å². The van der Waals surface area contributed by atoms with Gasteiger partial charge in [0.25, 0.3) is 0 Å². The molecule has 132 valence electrons. The Balaban J connectivity index is 0.00000123. The van der Waals surface area contributed by atoms with Crippen LogP contribution < -0.4 is 20.7 Å². The van der Waals surface area contributed by atoms with Gasteiger partial charge in [0.2, 0.25) is 0 Å². The first kappa shape index (κ1) is 21.3. The van der Waals surface area contributed by atoms with Crippen LogP contribution >= 0.6 is 0 Å². The number of nitriles is 1. The maximum Gasteiger partial charge on any atom is 0.160 e. The van der Waals surface area contributed by atoms with Crippen molar-refractivity contribution in [1.82, 2.24) is 5.32 Å².